The van der Waals surface area contributed by atoms with Crippen molar-refractivity contribution >= 4 is 17.7 Å². The van der Waals surface area contributed by atoms with Crippen LogP contribution in [0.15, 0.2) is 18.2 Å². The summed E-state index contributed by atoms with van der Waals surface area (Å²) in [6.45, 7) is 4.93. The summed E-state index contributed by atoms with van der Waals surface area (Å²) in [5, 5.41) is 9.16. The van der Waals surface area contributed by atoms with Crippen molar-refractivity contribution in [2.75, 3.05) is 18.6 Å². The number of hydrogen-bond donors (Lipinski definition) is 1. The zero-order chi connectivity index (χ0) is 17.9. The van der Waals surface area contributed by atoms with Gasteiger partial charge in [-0.05, 0) is 56.9 Å². The Balaban J connectivity index is 2.23. The molecule has 0 aromatic heterocycles. The Bertz CT molecular complexity index is 626. The molecule has 0 saturated heterocycles. The molecule has 0 fully saturated rings. The number of carboxylic acids is 1. The van der Waals surface area contributed by atoms with Crippen LogP contribution in [0.25, 0.3) is 0 Å². The molecule has 0 bridgehead atoms. The standard InChI is InChI=1S/C18H25NO5/c1-5-13-7-6-12-10-14(23-4)8-9-15(12)19(13)17(22)24-11-18(2,3)16(20)21/h8-10,13H,5-7,11H2,1-4H3,(H,20,21). The van der Waals surface area contributed by atoms with Gasteiger partial charge in [-0.3, -0.25) is 9.69 Å². The fraction of sp³-hybridized carbons (Fsp3) is 0.556. The van der Waals surface area contributed by atoms with Crippen molar-refractivity contribution in [2.24, 2.45) is 5.41 Å². The molecule has 0 radical (unpaired) electrons. The Morgan fingerprint density at radius 2 is 2.08 bits per heavy atom. The van der Waals surface area contributed by atoms with E-state index < -0.39 is 17.5 Å². The molecule has 24 heavy (non-hydrogen) atoms. The van der Waals surface area contributed by atoms with Crippen LogP contribution in [-0.4, -0.2) is 36.9 Å². The first-order chi connectivity index (χ1) is 11.3. The molecule has 1 aromatic carbocycles. The van der Waals surface area contributed by atoms with Crippen LogP contribution in [0.3, 0.4) is 0 Å². The topological polar surface area (TPSA) is 76.1 Å². The quantitative estimate of drug-likeness (QED) is 0.891. The van der Waals surface area contributed by atoms with E-state index in [2.05, 4.69) is 0 Å². The molecule has 1 unspecified atom stereocenters. The zero-order valence-electron chi connectivity index (χ0n) is 14.7. The highest BCUT2D eigenvalue weighted by Crippen LogP contribution is 2.35. The summed E-state index contributed by atoms with van der Waals surface area (Å²) < 4.78 is 10.6. The molecule has 1 amide bonds. The van der Waals surface area contributed by atoms with E-state index in [1.54, 1.807) is 12.0 Å². The van der Waals surface area contributed by atoms with E-state index in [0.717, 1.165) is 36.3 Å². The molecule has 6 heteroatoms. The number of hydrogen-bond acceptors (Lipinski definition) is 4. The normalized spacial score (nSPS) is 17.2. The van der Waals surface area contributed by atoms with Crippen LogP contribution in [0.2, 0.25) is 0 Å². The van der Waals surface area contributed by atoms with Gasteiger partial charge in [0.15, 0.2) is 0 Å². The van der Waals surface area contributed by atoms with Gasteiger partial charge in [0.2, 0.25) is 0 Å². The van der Waals surface area contributed by atoms with Gasteiger partial charge >= 0.3 is 12.1 Å². The van der Waals surface area contributed by atoms with Crippen LogP contribution in [-0.2, 0) is 16.0 Å². The minimum atomic E-state index is -1.12. The number of rotatable bonds is 5. The first kappa shape index (κ1) is 18.1. The average molecular weight is 335 g/mol. The fourth-order valence-electron chi connectivity index (χ4n) is 2.78. The van der Waals surface area contributed by atoms with Gasteiger partial charge in [-0.25, -0.2) is 4.79 Å². The second-order valence-corrected chi connectivity index (χ2v) is 6.71. The number of anilines is 1. The molecule has 1 N–H and O–H groups in total. The molecular weight excluding hydrogens is 310 g/mol. The van der Waals surface area contributed by atoms with Crippen molar-refractivity contribution in [3.63, 3.8) is 0 Å². The van der Waals surface area contributed by atoms with Crippen LogP contribution in [0.5, 0.6) is 5.75 Å². The summed E-state index contributed by atoms with van der Waals surface area (Å²) in [5.41, 5.74) is 0.733. The monoisotopic (exact) mass is 335 g/mol. The van der Waals surface area contributed by atoms with E-state index >= 15 is 0 Å². The van der Waals surface area contributed by atoms with Crippen LogP contribution >= 0.6 is 0 Å². The lowest BCUT2D eigenvalue weighted by Crippen LogP contribution is -2.45. The van der Waals surface area contributed by atoms with Crippen molar-refractivity contribution in [1.29, 1.82) is 0 Å². The summed E-state index contributed by atoms with van der Waals surface area (Å²) >= 11 is 0. The van der Waals surface area contributed by atoms with Gasteiger partial charge in [0.25, 0.3) is 0 Å². The molecule has 6 nitrogen and oxygen atoms in total. The number of aliphatic carboxylic acids is 1. The van der Waals surface area contributed by atoms with Crippen molar-refractivity contribution in [3.8, 4) is 5.75 Å². The van der Waals surface area contributed by atoms with E-state index in [-0.39, 0.29) is 12.6 Å². The molecule has 1 heterocycles. The lowest BCUT2D eigenvalue weighted by Gasteiger charge is -2.36. The highest BCUT2D eigenvalue weighted by atomic mass is 16.6. The molecule has 1 aliphatic rings. The minimum absolute atomic E-state index is 0.0475. The second-order valence-electron chi connectivity index (χ2n) is 6.71. The van der Waals surface area contributed by atoms with E-state index in [4.69, 9.17) is 14.6 Å². The third-order valence-corrected chi connectivity index (χ3v) is 4.46. The van der Waals surface area contributed by atoms with E-state index in [9.17, 15) is 9.59 Å². The molecular formula is C18H25NO5. The van der Waals surface area contributed by atoms with Gasteiger partial charge in [-0.2, -0.15) is 0 Å². The summed E-state index contributed by atoms with van der Waals surface area (Å²) in [7, 11) is 1.61. The number of ether oxygens (including phenoxy) is 2. The molecule has 2 rings (SSSR count). The Kier molecular flexibility index (Phi) is 5.36. The van der Waals surface area contributed by atoms with E-state index in [0.29, 0.717) is 0 Å². The summed E-state index contributed by atoms with van der Waals surface area (Å²) in [5.74, 6) is -0.241. The molecule has 0 spiro atoms. The van der Waals surface area contributed by atoms with Crippen LogP contribution in [0.4, 0.5) is 10.5 Å². The number of benzene rings is 1. The zero-order valence-corrected chi connectivity index (χ0v) is 14.7. The highest BCUT2D eigenvalue weighted by molar-refractivity contribution is 5.90. The van der Waals surface area contributed by atoms with Gasteiger partial charge < -0.3 is 14.6 Å². The van der Waals surface area contributed by atoms with Crippen LogP contribution in [0.1, 0.15) is 39.2 Å². The number of nitrogens with zero attached hydrogens (tertiary/aromatic N) is 1. The number of carbonyl (C=O) groups excluding carboxylic acids is 1. The number of aryl methyl sites for hydroxylation is 1. The molecule has 132 valence electrons. The summed E-state index contributed by atoms with van der Waals surface area (Å²) in [6, 6.07) is 5.66. The van der Waals surface area contributed by atoms with Crippen molar-refractivity contribution in [1.82, 2.24) is 0 Å². The number of fused-ring (bicyclic) bond motifs is 1. The Labute approximate surface area is 142 Å². The van der Waals surface area contributed by atoms with E-state index in [1.807, 2.05) is 25.1 Å². The number of amides is 1. The van der Waals surface area contributed by atoms with Gasteiger partial charge in [0.1, 0.15) is 12.4 Å². The smallest absolute Gasteiger partial charge is 0.414 e. The van der Waals surface area contributed by atoms with Crippen LogP contribution in [0, 0.1) is 5.41 Å². The van der Waals surface area contributed by atoms with Gasteiger partial charge in [-0.15, -0.1) is 0 Å². The number of methoxy groups -OCH3 is 1. The largest absolute Gasteiger partial charge is 0.497 e. The average Bonchev–Trinajstić information content (AvgIpc) is 2.57. The maximum atomic E-state index is 12.6. The summed E-state index contributed by atoms with van der Waals surface area (Å²) in [6.07, 6.45) is 2.02. The fourth-order valence-corrected chi connectivity index (χ4v) is 2.78. The third kappa shape index (κ3) is 3.63. The lowest BCUT2D eigenvalue weighted by molar-refractivity contribution is -0.148. The van der Waals surface area contributed by atoms with Gasteiger partial charge in [-0.1, -0.05) is 6.92 Å². The number of carboxylic acid groups (broad SMARTS) is 1. The molecule has 1 atom stereocenters. The minimum Gasteiger partial charge on any atom is -0.497 e. The van der Waals surface area contributed by atoms with Crippen LogP contribution < -0.4 is 9.64 Å². The van der Waals surface area contributed by atoms with Gasteiger partial charge in [0.05, 0.1) is 18.2 Å². The lowest BCUT2D eigenvalue weighted by atomic mass is 9.94. The number of carbonyl (C=O) groups is 2. The first-order valence-corrected chi connectivity index (χ1v) is 8.16. The maximum Gasteiger partial charge on any atom is 0.414 e. The second kappa shape index (κ2) is 7.11. The highest BCUT2D eigenvalue weighted by Gasteiger charge is 2.34. The van der Waals surface area contributed by atoms with Crippen molar-refractivity contribution in [2.45, 2.75) is 46.1 Å². The predicted molar refractivity (Wildman–Crippen MR) is 90.6 cm³/mol. The first-order valence-electron chi connectivity index (χ1n) is 8.16. The Morgan fingerprint density at radius 1 is 1.38 bits per heavy atom. The molecule has 1 aromatic rings. The Morgan fingerprint density at radius 3 is 2.67 bits per heavy atom. The molecule has 0 saturated carbocycles. The SMILES string of the molecule is CCC1CCc2cc(OC)ccc2N1C(=O)OCC(C)(C)C(=O)O. The predicted octanol–water partition coefficient (Wildman–Crippen LogP) is 3.47. The molecule has 1 aliphatic heterocycles. The summed E-state index contributed by atoms with van der Waals surface area (Å²) in [4.78, 5) is 25.5. The van der Waals surface area contributed by atoms with E-state index in [1.165, 1.54) is 13.8 Å². The van der Waals surface area contributed by atoms with Gasteiger partial charge in [0, 0.05) is 6.04 Å². The Hall–Kier alpha value is -2.24. The maximum absolute atomic E-state index is 12.6. The van der Waals surface area contributed by atoms with Crippen molar-refractivity contribution in [3.05, 3.63) is 23.8 Å². The molecule has 0 aliphatic carbocycles. The van der Waals surface area contributed by atoms with Crippen molar-refractivity contribution < 1.29 is 24.2 Å². The third-order valence-electron chi connectivity index (χ3n) is 4.46.